The van der Waals surface area contributed by atoms with Crippen molar-refractivity contribution in [1.29, 1.82) is 0 Å². The van der Waals surface area contributed by atoms with Crippen LogP contribution in [0.3, 0.4) is 0 Å². The first-order valence-corrected chi connectivity index (χ1v) is 20.0. The van der Waals surface area contributed by atoms with Gasteiger partial charge in [-0.1, -0.05) is 126 Å². The molecular weight excluding hydrogens is 646 g/mol. The van der Waals surface area contributed by atoms with Crippen molar-refractivity contribution in [1.82, 2.24) is 5.32 Å². The zero-order chi connectivity index (χ0) is 37.4. The number of aliphatic hydroxyl groups is 5. The fraction of sp³-hybridized carbons (Fsp3) is 0.738. The molecule has 1 amide bonds. The molecule has 0 bridgehead atoms. The van der Waals surface area contributed by atoms with Gasteiger partial charge in [0.2, 0.25) is 5.91 Å². The highest BCUT2D eigenvalue weighted by atomic mass is 16.7. The molecule has 0 radical (unpaired) electrons. The van der Waals surface area contributed by atoms with Crippen molar-refractivity contribution in [2.75, 3.05) is 13.2 Å². The lowest BCUT2D eigenvalue weighted by molar-refractivity contribution is -0.302. The Morgan fingerprint density at radius 1 is 0.667 bits per heavy atom. The van der Waals surface area contributed by atoms with E-state index in [4.69, 9.17) is 9.47 Å². The van der Waals surface area contributed by atoms with E-state index >= 15 is 0 Å². The molecule has 1 rings (SSSR count). The predicted octanol–water partition coefficient (Wildman–Crippen LogP) is 7.27. The Balaban J connectivity index is 2.50. The standard InChI is InChI=1S/C42H73NO8/c1-3-5-7-9-11-13-15-17-19-21-23-25-27-29-31-36(45)35(34-50-42-41(49)40(48)39(47)37(33-44)51-42)43-38(46)32-30-28-26-24-22-20-18-16-14-12-10-8-6-4-2/h10,12-13,15-16,18,21,23,29,31,35-37,39-42,44-45,47-49H,3-9,11,14,17,19-20,22,24-28,30,32-34H2,1-2H3,(H,43,46)/b12-10-,15-13+,18-16-,23-21+,31-29+. The van der Waals surface area contributed by atoms with Crippen LogP contribution in [-0.4, -0.2) is 87.5 Å². The fourth-order valence-electron chi connectivity index (χ4n) is 5.73. The summed E-state index contributed by atoms with van der Waals surface area (Å²) in [5.41, 5.74) is 0. The molecule has 6 N–H and O–H groups in total. The first-order valence-electron chi connectivity index (χ1n) is 20.0. The van der Waals surface area contributed by atoms with Crippen LogP contribution in [0.5, 0.6) is 0 Å². The van der Waals surface area contributed by atoms with Gasteiger partial charge in [0.05, 0.1) is 25.4 Å². The summed E-state index contributed by atoms with van der Waals surface area (Å²) in [5, 5.41) is 53.9. The SMILES string of the molecule is CCCC/C=C\C/C=C\CCCCCCCC(=O)NC(COC1OC(CO)C(O)C(O)C1O)C(O)/C=C/CC/C=C/CC/C=C/CCCCCC. The molecule has 1 fully saturated rings. The van der Waals surface area contributed by atoms with E-state index in [1.807, 2.05) is 6.08 Å². The van der Waals surface area contributed by atoms with E-state index in [9.17, 15) is 30.3 Å². The van der Waals surface area contributed by atoms with E-state index in [1.165, 1.54) is 38.5 Å². The number of ether oxygens (including phenoxy) is 2. The van der Waals surface area contributed by atoms with Crippen LogP contribution in [0.25, 0.3) is 0 Å². The summed E-state index contributed by atoms with van der Waals surface area (Å²) in [6.07, 6.45) is 34.0. The highest BCUT2D eigenvalue weighted by molar-refractivity contribution is 5.76. The second-order valence-electron chi connectivity index (χ2n) is 13.7. The molecule has 1 saturated heterocycles. The average Bonchev–Trinajstić information content (AvgIpc) is 3.13. The molecule has 1 heterocycles. The maximum atomic E-state index is 12.9. The molecule has 9 nitrogen and oxygen atoms in total. The van der Waals surface area contributed by atoms with Crippen LogP contribution in [-0.2, 0) is 14.3 Å². The molecule has 0 aromatic carbocycles. The van der Waals surface area contributed by atoms with Gasteiger partial charge >= 0.3 is 0 Å². The number of hydrogen-bond donors (Lipinski definition) is 6. The summed E-state index contributed by atoms with van der Waals surface area (Å²) < 4.78 is 11.1. The topological polar surface area (TPSA) is 149 Å². The monoisotopic (exact) mass is 720 g/mol. The highest BCUT2D eigenvalue weighted by Gasteiger charge is 2.44. The van der Waals surface area contributed by atoms with Gasteiger partial charge in [0.1, 0.15) is 24.4 Å². The lowest BCUT2D eigenvalue weighted by Gasteiger charge is -2.40. The summed E-state index contributed by atoms with van der Waals surface area (Å²) in [6.45, 7) is 3.64. The summed E-state index contributed by atoms with van der Waals surface area (Å²) >= 11 is 0. The van der Waals surface area contributed by atoms with Crippen molar-refractivity contribution >= 4 is 5.91 Å². The van der Waals surface area contributed by atoms with Crippen LogP contribution >= 0.6 is 0 Å². The molecule has 0 aromatic rings. The first-order chi connectivity index (χ1) is 24.8. The predicted molar refractivity (Wildman–Crippen MR) is 207 cm³/mol. The molecule has 0 aromatic heterocycles. The zero-order valence-corrected chi connectivity index (χ0v) is 31.8. The maximum absolute atomic E-state index is 12.9. The van der Waals surface area contributed by atoms with E-state index < -0.39 is 49.5 Å². The maximum Gasteiger partial charge on any atom is 0.220 e. The highest BCUT2D eigenvalue weighted by Crippen LogP contribution is 2.22. The van der Waals surface area contributed by atoms with E-state index in [0.29, 0.717) is 6.42 Å². The molecule has 9 heteroatoms. The van der Waals surface area contributed by atoms with Crippen LogP contribution in [0, 0.1) is 0 Å². The summed E-state index contributed by atoms with van der Waals surface area (Å²) in [6, 6.07) is -0.835. The molecular formula is C42H73NO8. The minimum absolute atomic E-state index is 0.210. The van der Waals surface area contributed by atoms with Gasteiger partial charge in [0.15, 0.2) is 6.29 Å². The molecule has 0 spiro atoms. The molecule has 1 aliphatic heterocycles. The minimum atomic E-state index is -1.58. The number of aliphatic hydroxyl groups excluding tert-OH is 5. The number of carbonyl (C=O) groups excluding carboxylic acids is 1. The van der Waals surface area contributed by atoms with E-state index in [0.717, 1.165) is 83.5 Å². The van der Waals surface area contributed by atoms with Gasteiger partial charge in [-0.3, -0.25) is 4.79 Å². The van der Waals surface area contributed by atoms with E-state index in [2.05, 4.69) is 67.8 Å². The van der Waals surface area contributed by atoms with Crippen molar-refractivity contribution in [3.8, 4) is 0 Å². The molecule has 294 valence electrons. The minimum Gasteiger partial charge on any atom is -0.394 e. The molecule has 0 aliphatic carbocycles. The Morgan fingerprint density at radius 3 is 1.82 bits per heavy atom. The van der Waals surface area contributed by atoms with Crippen LogP contribution in [0.1, 0.15) is 142 Å². The number of nitrogens with one attached hydrogen (secondary N) is 1. The van der Waals surface area contributed by atoms with Gasteiger partial charge < -0.3 is 40.3 Å². The Hall–Kier alpha value is -2.11. The number of rotatable bonds is 31. The third-order valence-corrected chi connectivity index (χ3v) is 9.04. The number of unbranched alkanes of at least 4 members (excludes halogenated alkanes) is 13. The zero-order valence-electron chi connectivity index (χ0n) is 31.8. The van der Waals surface area contributed by atoms with Crippen LogP contribution in [0.15, 0.2) is 60.8 Å². The molecule has 1 aliphatic rings. The first kappa shape index (κ1) is 46.9. The largest absolute Gasteiger partial charge is 0.394 e. The molecule has 7 unspecified atom stereocenters. The Kier molecular flexibility index (Phi) is 29.9. The molecule has 51 heavy (non-hydrogen) atoms. The summed E-state index contributed by atoms with van der Waals surface area (Å²) in [4.78, 5) is 12.9. The van der Waals surface area contributed by atoms with Crippen LogP contribution in [0.4, 0.5) is 0 Å². The van der Waals surface area contributed by atoms with Gasteiger partial charge in [-0.25, -0.2) is 0 Å². The van der Waals surface area contributed by atoms with Crippen LogP contribution in [0.2, 0.25) is 0 Å². The summed E-state index contributed by atoms with van der Waals surface area (Å²) in [5.74, 6) is -0.210. The van der Waals surface area contributed by atoms with Crippen LogP contribution < -0.4 is 5.32 Å². The number of allylic oxidation sites excluding steroid dienone is 9. The van der Waals surface area contributed by atoms with Crippen molar-refractivity contribution in [2.45, 2.75) is 185 Å². The average molecular weight is 720 g/mol. The number of hydrogen-bond acceptors (Lipinski definition) is 8. The second-order valence-corrected chi connectivity index (χ2v) is 13.7. The fourth-order valence-corrected chi connectivity index (χ4v) is 5.73. The molecule has 0 saturated carbocycles. The third-order valence-electron chi connectivity index (χ3n) is 9.04. The van der Waals surface area contributed by atoms with E-state index in [-0.39, 0.29) is 12.5 Å². The Labute approximate surface area is 309 Å². The van der Waals surface area contributed by atoms with Crippen molar-refractivity contribution in [3.63, 3.8) is 0 Å². The second kappa shape index (κ2) is 32.5. The van der Waals surface area contributed by atoms with Gasteiger partial charge in [0.25, 0.3) is 0 Å². The van der Waals surface area contributed by atoms with Crippen molar-refractivity contribution in [2.24, 2.45) is 0 Å². The van der Waals surface area contributed by atoms with Gasteiger partial charge in [0, 0.05) is 6.42 Å². The van der Waals surface area contributed by atoms with Gasteiger partial charge in [-0.15, -0.1) is 0 Å². The van der Waals surface area contributed by atoms with Crippen molar-refractivity contribution in [3.05, 3.63) is 60.8 Å². The number of carbonyl (C=O) groups is 1. The molecule has 7 atom stereocenters. The quantitative estimate of drug-likeness (QED) is 0.0324. The summed E-state index contributed by atoms with van der Waals surface area (Å²) in [7, 11) is 0. The van der Waals surface area contributed by atoms with Gasteiger partial charge in [-0.05, 0) is 70.6 Å². The number of amides is 1. The Bertz CT molecular complexity index is 978. The third kappa shape index (κ3) is 24.0. The van der Waals surface area contributed by atoms with Gasteiger partial charge in [-0.2, -0.15) is 0 Å². The normalized spacial score (nSPS) is 22.7. The lowest BCUT2D eigenvalue weighted by Crippen LogP contribution is -2.60. The Morgan fingerprint density at radius 2 is 1.20 bits per heavy atom. The lowest BCUT2D eigenvalue weighted by atomic mass is 9.99. The smallest absolute Gasteiger partial charge is 0.220 e. The van der Waals surface area contributed by atoms with E-state index in [1.54, 1.807) is 6.08 Å². The van der Waals surface area contributed by atoms with Crippen molar-refractivity contribution < 1.29 is 39.8 Å².